The fourth-order valence-electron chi connectivity index (χ4n) is 3.88. The molecule has 1 amide bonds. The van der Waals surface area contributed by atoms with Crippen molar-refractivity contribution in [3.63, 3.8) is 0 Å². The Balaban J connectivity index is 1.31. The van der Waals surface area contributed by atoms with Crippen LogP contribution in [0.5, 0.6) is 11.5 Å². The summed E-state index contributed by atoms with van der Waals surface area (Å²) in [7, 11) is 1.49. The molecule has 1 aliphatic rings. The highest BCUT2D eigenvalue weighted by Gasteiger charge is 2.31. The van der Waals surface area contributed by atoms with E-state index < -0.39 is 5.97 Å². The van der Waals surface area contributed by atoms with Gasteiger partial charge in [-0.05, 0) is 41.8 Å². The van der Waals surface area contributed by atoms with Crippen molar-refractivity contribution >= 4 is 79.3 Å². The molecule has 1 fully saturated rings. The summed E-state index contributed by atoms with van der Waals surface area (Å²) in [5, 5.41) is 1.18. The van der Waals surface area contributed by atoms with Gasteiger partial charge in [-0.3, -0.25) is 9.69 Å². The van der Waals surface area contributed by atoms with E-state index in [9.17, 15) is 9.59 Å². The van der Waals surface area contributed by atoms with E-state index in [-0.39, 0.29) is 11.7 Å². The number of esters is 1. The average molecular weight is 566 g/mol. The predicted octanol–water partition coefficient (Wildman–Crippen LogP) is 7.23. The van der Waals surface area contributed by atoms with Crippen LogP contribution < -0.4 is 9.47 Å². The van der Waals surface area contributed by atoms with Gasteiger partial charge in [-0.25, -0.2) is 4.79 Å². The Kier molecular flexibility index (Phi) is 7.62. The standard InChI is InChI=1S/C28H20ClNO4S3/c1-33-21-15-18(16-23-26(31)30(28(35)37-23)14-13-17-7-3-2-4-8-17)11-12-20(21)34-27(32)25-24(29)19-9-5-6-10-22(19)36-25/h2-12,15-16H,13-14H2,1H3. The maximum absolute atomic E-state index is 13.0. The third-order valence-corrected chi connectivity index (χ3v) is 8.78. The topological polar surface area (TPSA) is 55.8 Å². The highest BCUT2D eigenvalue weighted by atomic mass is 35.5. The maximum atomic E-state index is 13.0. The summed E-state index contributed by atoms with van der Waals surface area (Å²) in [6.07, 6.45) is 2.48. The Morgan fingerprint density at radius 2 is 1.81 bits per heavy atom. The van der Waals surface area contributed by atoms with E-state index in [1.54, 1.807) is 29.2 Å². The molecule has 1 aliphatic heterocycles. The molecule has 5 rings (SSSR count). The number of thioether (sulfide) groups is 1. The highest BCUT2D eigenvalue weighted by Crippen LogP contribution is 2.38. The number of methoxy groups -OCH3 is 1. The number of rotatable bonds is 7. The van der Waals surface area contributed by atoms with E-state index >= 15 is 0 Å². The molecule has 5 nitrogen and oxygen atoms in total. The number of amides is 1. The number of thiocarbonyl (C=S) groups is 1. The van der Waals surface area contributed by atoms with Crippen LogP contribution in [-0.4, -0.2) is 34.8 Å². The molecular formula is C28H20ClNO4S3. The second kappa shape index (κ2) is 11.1. The molecule has 37 heavy (non-hydrogen) atoms. The van der Waals surface area contributed by atoms with Crippen molar-refractivity contribution in [1.29, 1.82) is 0 Å². The molecule has 0 spiro atoms. The van der Waals surface area contributed by atoms with Crippen LogP contribution in [0.25, 0.3) is 16.2 Å². The number of ether oxygens (including phenoxy) is 2. The normalized spacial score (nSPS) is 14.5. The van der Waals surface area contributed by atoms with Crippen LogP contribution in [0, 0.1) is 0 Å². The van der Waals surface area contributed by atoms with Gasteiger partial charge in [-0.1, -0.05) is 90.2 Å². The van der Waals surface area contributed by atoms with E-state index in [1.165, 1.54) is 30.2 Å². The molecule has 3 aromatic carbocycles. The number of benzene rings is 3. The molecule has 4 aromatic rings. The summed E-state index contributed by atoms with van der Waals surface area (Å²) in [5.74, 6) is -0.0659. The van der Waals surface area contributed by atoms with E-state index in [2.05, 4.69) is 0 Å². The van der Waals surface area contributed by atoms with E-state index in [0.717, 1.165) is 27.6 Å². The molecule has 0 aliphatic carbocycles. The van der Waals surface area contributed by atoms with Crippen LogP contribution in [-0.2, 0) is 11.2 Å². The summed E-state index contributed by atoms with van der Waals surface area (Å²) in [5.41, 5.74) is 1.87. The molecular weight excluding hydrogens is 546 g/mol. The van der Waals surface area contributed by atoms with Gasteiger partial charge in [0.15, 0.2) is 11.5 Å². The zero-order valence-electron chi connectivity index (χ0n) is 19.6. The van der Waals surface area contributed by atoms with Crippen LogP contribution in [0.2, 0.25) is 5.02 Å². The third kappa shape index (κ3) is 5.43. The molecule has 2 heterocycles. The lowest BCUT2D eigenvalue weighted by Gasteiger charge is -2.14. The van der Waals surface area contributed by atoms with Crippen molar-refractivity contribution < 1.29 is 19.1 Å². The number of fused-ring (bicyclic) bond motifs is 1. The molecule has 0 radical (unpaired) electrons. The third-order valence-electron chi connectivity index (χ3n) is 5.75. The van der Waals surface area contributed by atoms with Gasteiger partial charge in [-0.15, -0.1) is 11.3 Å². The molecule has 9 heteroatoms. The van der Waals surface area contributed by atoms with Crippen LogP contribution in [0.4, 0.5) is 0 Å². The second-order valence-corrected chi connectivity index (χ2v) is 11.2. The molecule has 0 N–H and O–H groups in total. The summed E-state index contributed by atoms with van der Waals surface area (Å²) >= 11 is 14.4. The summed E-state index contributed by atoms with van der Waals surface area (Å²) in [6.45, 7) is 0.518. The molecule has 1 aromatic heterocycles. The number of halogens is 1. The molecule has 0 bridgehead atoms. The number of carbonyl (C=O) groups excluding carboxylic acids is 2. The van der Waals surface area contributed by atoms with Gasteiger partial charge in [0, 0.05) is 16.6 Å². The molecule has 1 saturated heterocycles. The van der Waals surface area contributed by atoms with Gasteiger partial charge >= 0.3 is 5.97 Å². The van der Waals surface area contributed by atoms with Gasteiger partial charge in [0.1, 0.15) is 9.20 Å². The lowest BCUT2D eigenvalue weighted by atomic mass is 10.1. The minimum atomic E-state index is -0.559. The number of hydrogen-bond acceptors (Lipinski definition) is 7. The predicted molar refractivity (Wildman–Crippen MR) is 155 cm³/mol. The molecule has 0 saturated carbocycles. The molecule has 0 atom stereocenters. The van der Waals surface area contributed by atoms with Gasteiger partial charge in [0.2, 0.25) is 0 Å². The quantitative estimate of drug-likeness (QED) is 0.102. The summed E-state index contributed by atoms with van der Waals surface area (Å²) in [4.78, 5) is 28.4. The minimum absolute atomic E-state index is 0.125. The minimum Gasteiger partial charge on any atom is -0.493 e. The van der Waals surface area contributed by atoms with Crippen LogP contribution in [0.15, 0.2) is 77.7 Å². The Bertz CT molecular complexity index is 1550. The second-order valence-electron chi connectivity index (χ2n) is 8.11. The van der Waals surface area contributed by atoms with Gasteiger partial charge in [0.05, 0.1) is 17.0 Å². The summed E-state index contributed by atoms with van der Waals surface area (Å²) in [6, 6.07) is 22.6. The smallest absolute Gasteiger partial charge is 0.355 e. The van der Waals surface area contributed by atoms with E-state index in [0.29, 0.717) is 31.4 Å². The maximum Gasteiger partial charge on any atom is 0.355 e. The monoisotopic (exact) mass is 565 g/mol. The first kappa shape index (κ1) is 25.5. The van der Waals surface area contributed by atoms with Gasteiger partial charge in [0.25, 0.3) is 5.91 Å². The lowest BCUT2D eigenvalue weighted by Crippen LogP contribution is -2.30. The van der Waals surface area contributed by atoms with Crippen LogP contribution in [0.3, 0.4) is 0 Å². The number of nitrogens with zero attached hydrogens (tertiary/aromatic N) is 1. The van der Waals surface area contributed by atoms with Crippen molar-refractivity contribution in [2.24, 2.45) is 0 Å². The fourth-order valence-corrected chi connectivity index (χ4v) is 6.57. The summed E-state index contributed by atoms with van der Waals surface area (Å²) < 4.78 is 12.5. The number of hydrogen-bond donors (Lipinski definition) is 0. The average Bonchev–Trinajstić information content (AvgIpc) is 3.39. The first-order valence-electron chi connectivity index (χ1n) is 11.3. The van der Waals surface area contributed by atoms with Gasteiger partial charge < -0.3 is 9.47 Å². The first-order chi connectivity index (χ1) is 17.9. The van der Waals surface area contributed by atoms with Crippen molar-refractivity contribution in [1.82, 2.24) is 4.90 Å². The Hall–Kier alpha value is -3.17. The fraction of sp³-hybridized carbons (Fsp3) is 0.107. The van der Waals surface area contributed by atoms with Crippen molar-refractivity contribution in [2.45, 2.75) is 6.42 Å². The van der Waals surface area contributed by atoms with E-state index in [4.69, 9.17) is 33.3 Å². The van der Waals surface area contributed by atoms with Crippen molar-refractivity contribution in [2.75, 3.05) is 13.7 Å². The Labute approximate surface area is 232 Å². The van der Waals surface area contributed by atoms with Crippen LogP contribution >= 0.6 is 46.9 Å². The zero-order chi connectivity index (χ0) is 25.9. The SMILES string of the molecule is COc1cc(C=C2SC(=S)N(CCc3ccccc3)C2=O)ccc1OC(=O)c1sc2ccccc2c1Cl. The number of carbonyl (C=O) groups is 2. The van der Waals surface area contributed by atoms with Gasteiger partial charge in [-0.2, -0.15) is 0 Å². The highest BCUT2D eigenvalue weighted by molar-refractivity contribution is 8.26. The van der Waals surface area contributed by atoms with Crippen molar-refractivity contribution in [3.8, 4) is 11.5 Å². The largest absolute Gasteiger partial charge is 0.493 e. The Morgan fingerprint density at radius 1 is 1.05 bits per heavy atom. The number of thiophene rings is 1. The Morgan fingerprint density at radius 3 is 2.57 bits per heavy atom. The zero-order valence-corrected chi connectivity index (χ0v) is 22.8. The van der Waals surface area contributed by atoms with E-state index in [1.807, 2.05) is 54.6 Å². The first-order valence-corrected chi connectivity index (χ1v) is 13.7. The van der Waals surface area contributed by atoms with Crippen molar-refractivity contribution in [3.05, 3.63) is 98.7 Å². The molecule has 0 unspecified atom stereocenters. The lowest BCUT2D eigenvalue weighted by molar-refractivity contribution is -0.122. The molecule has 186 valence electrons. The van der Waals surface area contributed by atoms with Crippen LogP contribution in [0.1, 0.15) is 20.8 Å².